The monoisotopic (exact) mass is 280 g/mol. The van der Waals surface area contributed by atoms with Crippen molar-refractivity contribution in [3.05, 3.63) is 70.5 Å². The van der Waals surface area contributed by atoms with Gasteiger partial charge in [0.25, 0.3) is 5.69 Å². The van der Waals surface area contributed by atoms with Gasteiger partial charge in [-0.2, -0.15) is 0 Å². The van der Waals surface area contributed by atoms with Gasteiger partial charge < -0.3 is 4.52 Å². The molecule has 0 bridgehead atoms. The normalized spacial score (nSPS) is 10.5. The lowest BCUT2D eigenvalue weighted by molar-refractivity contribution is -0.384. The molecule has 21 heavy (non-hydrogen) atoms. The van der Waals surface area contributed by atoms with Gasteiger partial charge in [-0.3, -0.25) is 10.1 Å². The molecule has 0 aliphatic heterocycles. The van der Waals surface area contributed by atoms with Crippen LogP contribution in [0.4, 0.5) is 5.69 Å². The molecule has 5 heteroatoms. The topological polar surface area (TPSA) is 69.2 Å². The van der Waals surface area contributed by atoms with Gasteiger partial charge in [0.05, 0.1) is 10.5 Å². The van der Waals surface area contributed by atoms with Gasteiger partial charge in [0, 0.05) is 17.7 Å². The van der Waals surface area contributed by atoms with Crippen LogP contribution in [0.1, 0.15) is 5.76 Å². The molecule has 0 spiro atoms. The Morgan fingerprint density at radius 2 is 1.67 bits per heavy atom. The number of aryl methyl sites for hydroxylation is 1. The molecule has 0 aliphatic rings. The predicted molar refractivity (Wildman–Crippen MR) is 78.8 cm³/mol. The molecule has 0 aliphatic carbocycles. The lowest BCUT2D eigenvalue weighted by Crippen LogP contribution is -1.88. The van der Waals surface area contributed by atoms with Crippen molar-refractivity contribution in [2.45, 2.75) is 6.92 Å². The molecule has 104 valence electrons. The zero-order valence-electron chi connectivity index (χ0n) is 11.3. The third-order valence-electron chi connectivity index (χ3n) is 3.28. The second kappa shape index (κ2) is 5.20. The number of nitro groups is 1. The van der Waals surface area contributed by atoms with Gasteiger partial charge in [0.1, 0.15) is 11.5 Å². The van der Waals surface area contributed by atoms with Crippen LogP contribution in [0.5, 0.6) is 0 Å². The predicted octanol–water partition coefficient (Wildman–Crippen LogP) is 4.23. The van der Waals surface area contributed by atoms with Gasteiger partial charge in [0.2, 0.25) is 0 Å². The molecule has 0 amide bonds. The summed E-state index contributed by atoms with van der Waals surface area (Å²) in [4.78, 5) is 10.3. The van der Waals surface area contributed by atoms with Crippen LogP contribution < -0.4 is 0 Å². The minimum absolute atomic E-state index is 0.0640. The van der Waals surface area contributed by atoms with Crippen LogP contribution in [0.15, 0.2) is 59.1 Å². The minimum atomic E-state index is -0.414. The van der Waals surface area contributed by atoms with Crippen LogP contribution in [0.25, 0.3) is 22.4 Å². The Bertz CT molecular complexity index is 777. The zero-order chi connectivity index (χ0) is 14.8. The third kappa shape index (κ3) is 2.41. The molecule has 1 aromatic heterocycles. The number of nitro benzene ring substituents is 1. The van der Waals surface area contributed by atoms with E-state index in [9.17, 15) is 10.1 Å². The Hall–Kier alpha value is -2.95. The summed E-state index contributed by atoms with van der Waals surface area (Å²) in [7, 11) is 0. The summed E-state index contributed by atoms with van der Waals surface area (Å²) in [5.41, 5.74) is 3.45. The van der Waals surface area contributed by atoms with Crippen molar-refractivity contribution in [1.82, 2.24) is 5.16 Å². The smallest absolute Gasteiger partial charge is 0.269 e. The van der Waals surface area contributed by atoms with E-state index in [0.29, 0.717) is 5.76 Å². The number of rotatable bonds is 3. The highest BCUT2D eigenvalue weighted by Gasteiger charge is 2.17. The van der Waals surface area contributed by atoms with Gasteiger partial charge in [-0.1, -0.05) is 35.5 Å². The van der Waals surface area contributed by atoms with E-state index in [0.717, 1.165) is 22.4 Å². The summed E-state index contributed by atoms with van der Waals surface area (Å²) in [5, 5.41) is 14.8. The second-order valence-corrected chi connectivity index (χ2v) is 4.63. The summed E-state index contributed by atoms with van der Waals surface area (Å²) in [6.45, 7) is 1.83. The van der Waals surface area contributed by atoms with Gasteiger partial charge in [0.15, 0.2) is 0 Å². The summed E-state index contributed by atoms with van der Waals surface area (Å²) in [6, 6.07) is 16.1. The van der Waals surface area contributed by atoms with E-state index in [4.69, 9.17) is 4.52 Å². The molecule has 5 nitrogen and oxygen atoms in total. The molecule has 0 fully saturated rings. The molecule has 3 aromatic rings. The van der Waals surface area contributed by atoms with Crippen molar-refractivity contribution in [2.24, 2.45) is 0 Å². The Morgan fingerprint density at radius 1 is 1.00 bits per heavy atom. The van der Waals surface area contributed by atoms with Crippen molar-refractivity contribution in [3.8, 4) is 22.4 Å². The maximum atomic E-state index is 10.7. The quantitative estimate of drug-likeness (QED) is 0.532. The molecule has 0 atom stereocenters. The van der Waals surface area contributed by atoms with E-state index in [2.05, 4.69) is 5.16 Å². The molecule has 0 unspecified atom stereocenters. The van der Waals surface area contributed by atoms with Crippen molar-refractivity contribution in [2.75, 3.05) is 0 Å². The molecule has 3 rings (SSSR count). The van der Waals surface area contributed by atoms with E-state index >= 15 is 0 Å². The molecule has 0 radical (unpaired) electrons. The first-order chi connectivity index (χ1) is 10.2. The van der Waals surface area contributed by atoms with Crippen LogP contribution in [0, 0.1) is 17.0 Å². The van der Waals surface area contributed by atoms with Crippen molar-refractivity contribution in [1.29, 1.82) is 0 Å². The highest BCUT2D eigenvalue weighted by molar-refractivity contribution is 5.82. The Labute approximate surface area is 121 Å². The SMILES string of the molecule is Cc1onc(-c2ccccc2)c1-c1ccc([N+](=O)[O-])cc1. The first-order valence-corrected chi connectivity index (χ1v) is 6.43. The zero-order valence-corrected chi connectivity index (χ0v) is 11.3. The molecule has 0 saturated carbocycles. The van der Waals surface area contributed by atoms with Gasteiger partial charge in [-0.05, 0) is 24.6 Å². The Kier molecular flexibility index (Phi) is 3.23. The van der Waals surface area contributed by atoms with E-state index < -0.39 is 4.92 Å². The Balaban J connectivity index is 2.10. The standard InChI is InChI=1S/C16H12N2O3/c1-11-15(12-7-9-14(10-8-12)18(19)20)16(17-21-11)13-5-3-2-4-6-13/h2-10H,1H3. The fourth-order valence-corrected chi connectivity index (χ4v) is 2.25. The highest BCUT2D eigenvalue weighted by Crippen LogP contribution is 2.34. The summed E-state index contributed by atoms with van der Waals surface area (Å²) >= 11 is 0. The maximum Gasteiger partial charge on any atom is 0.269 e. The van der Waals surface area contributed by atoms with Gasteiger partial charge in [-0.15, -0.1) is 0 Å². The van der Waals surface area contributed by atoms with E-state index in [1.165, 1.54) is 12.1 Å². The molecular weight excluding hydrogens is 268 g/mol. The average Bonchev–Trinajstić information content (AvgIpc) is 2.90. The van der Waals surface area contributed by atoms with Crippen molar-refractivity contribution >= 4 is 5.69 Å². The maximum absolute atomic E-state index is 10.7. The molecule has 0 saturated heterocycles. The largest absolute Gasteiger partial charge is 0.360 e. The van der Waals surface area contributed by atoms with E-state index in [-0.39, 0.29) is 5.69 Å². The molecule has 0 N–H and O–H groups in total. The first-order valence-electron chi connectivity index (χ1n) is 6.43. The summed E-state index contributed by atoms with van der Waals surface area (Å²) < 4.78 is 5.30. The number of hydrogen-bond acceptors (Lipinski definition) is 4. The van der Waals surface area contributed by atoms with E-state index in [1.54, 1.807) is 12.1 Å². The van der Waals surface area contributed by atoms with Crippen molar-refractivity contribution in [3.63, 3.8) is 0 Å². The molecule has 1 heterocycles. The molecular formula is C16H12N2O3. The van der Waals surface area contributed by atoms with Crippen LogP contribution >= 0.6 is 0 Å². The number of nitrogens with zero attached hydrogens (tertiary/aromatic N) is 2. The number of hydrogen-bond donors (Lipinski definition) is 0. The third-order valence-corrected chi connectivity index (χ3v) is 3.28. The minimum Gasteiger partial charge on any atom is -0.360 e. The first kappa shape index (κ1) is 13.1. The molecule has 2 aromatic carbocycles. The van der Waals surface area contributed by atoms with Gasteiger partial charge in [-0.25, -0.2) is 0 Å². The van der Waals surface area contributed by atoms with Crippen LogP contribution in [-0.4, -0.2) is 10.1 Å². The number of non-ortho nitro benzene ring substituents is 1. The van der Waals surface area contributed by atoms with Gasteiger partial charge >= 0.3 is 0 Å². The lowest BCUT2D eigenvalue weighted by atomic mass is 9.99. The van der Waals surface area contributed by atoms with Crippen LogP contribution in [0.2, 0.25) is 0 Å². The van der Waals surface area contributed by atoms with Crippen LogP contribution in [0.3, 0.4) is 0 Å². The highest BCUT2D eigenvalue weighted by atomic mass is 16.6. The average molecular weight is 280 g/mol. The van der Waals surface area contributed by atoms with E-state index in [1.807, 2.05) is 37.3 Å². The second-order valence-electron chi connectivity index (χ2n) is 4.63. The number of benzene rings is 2. The van der Waals surface area contributed by atoms with Crippen molar-refractivity contribution < 1.29 is 9.45 Å². The van der Waals surface area contributed by atoms with Crippen LogP contribution in [-0.2, 0) is 0 Å². The lowest BCUT2D eigenvalue weighted by Gasteiger charge is -2.03. The fraction of sp³-hybridized carbons (Fsp3) is 0.0625. The summed E-state index contributed by atoms with van der Waals surface area (Å²) in [6.07, 6.45) is 0. The Morgan fingerprint density at radius 3 is 2.29 bits per heavy atom. The summed E-state index contributed by atoms with van der Waals surface area (Å²) in [5.74, 6) is 0.683. The number of aromatic nitrogens is 1. The fourth-order valence-electron chi connectivity index (χ4n) is 2.25.